The summed E-state index contributed by atoms with van der Waals surface area (Å²) in [6.45, 7) is 1.84. The fourth-order valence-electron chi connectivity index (χ4n) is 3.23. The number of carbonyl (C=O) groups excluding carboxylic acids is 1. The summed E-state index contributed by atoms with van der Waals surface area (Å²) < 4.78 is 42.0. The first-order valence-electron chi connectivity index (χ1n) is 9.25. The molecule has 3 rings (SSSR count). The number of thiophene rings is 1. The normalized spacial score (nSPS) is 16.1. The number of nitrogens with zero attached hydrogens (tertiary/aromatic N) is 2. The van der Waals surface area contributed by atoms with Gasteiger partial charge in [0.15, 0.2) is 0 Å². The van der Waals surface area contributed by atoms with Crippen LogP contribution in [0.4, 0.5) is 10.1 Å². The maximum absolute atomic E-state index is 14.0. The van der Waals surface area contributed by atoms with Gasteiger partial charge < -0.3 is 9.80 Å². The number of thioether (sulfide) groups is 1. The number of rotatable bonds is 8. The molecule has 6 nitrogen and oxygen atoms in total. The molecule has 2 heterocycles. The quantitative estimate of drug-likeness (QED) is 0.660. The Hall–Kier alpha value is -1.62. The van der Waals surface area contributed by atoms with Gasteiger partial charge in [-0.2, -0.15) is 16.5 Å². The summed E-state index contributed by atoms with van der Waals surface area (Å²) in [7, 11) is -3.74. The molecule has 1 aliphatic rings. The van der Waals surface area contributed by atoms with E-state index in [-0.39, 0.29) is 15.9 Å². The van der Waals surface area contributed by atoms with Crippen molar-refractivity contribution in [3.05, 3.63) is 47.6 Å². The molecule has 1 aliphatic heterocycles. The second-order valence-electron chi connectivity index (χ2n) is 6.65. The number of sulfonamides is 1. The smallest absolute Gasteiger partial charge is 0.250 e. The van der Waals surface area contributed by atoms with Gasteiger partial charge in [0.2, 0.25) is 5.91 Å². The van der Waals surface area contributed by atoms with Crippen molar-refractivity contribution in [3.8, 4) is 0 Å². The van der Waals surface area contributed by atoms with E-state index in [1.165, 1.54) is 12.1 Å². The molecule has 1 saturated heterocycles. The van der Waals surface area contributed by atoms with Gasteiger partial charge in [0, 0.05) is 26.2 Å². The predicted octanol–water partition coefficient (Wildman–Crippen LogP) is 2.64. The molecule has 10 heteroatoms. The van der Waals surface area contributed by atoms with Crippen LogP contribution in [0.25, 0.3) is 0 Å². The van der Waals surface area contributed by atoms with Crippen molar-refractivity contribution in [3.63, 3.8) is 0 Å². The van der Waals surface area contributed by atoms with Crippen LogP contribution in [-0.4, -0.2) is 63.5 Å². The van der Waals surface area contributed by atoms with Crippen LogP contribution >= 0.6 is 23.1 Å². The van der Waals surface area contributed by atoms with E-state index in [0.717, 1.165) is 11.3 Å². The van der Waals surface area contributed by atoms with Crippen LogP contribution in [0.15, 0.2) is 46.0 Å². The zero-order valence-electron chi connectivity index (χ0n) is 16.1. The Morgan fingerprint density at radius 1 is 1.21 bits per heavy atom. The first-order chi connectivity index (χ1) is 13.9. The fourth-order valence-corrected chi connectivity index (χ4v) is 5.93. The summed E-state index contributed by atoms with van der Waals surface area (Å²) in [5.74, 6) is 0.152. The van der Waals surface area contributed by atoms with E-state index in [1.807, 2.05) is 11.2 Å². The second kappa shape index (κ2) is 9.92. The van der Waals surface area contributed by atoms with Crippen molar-refractivity contribution in [1.29, 1.82) is 0 Å². The number of anilines is 1. The van der Waals surface area contributed by atoms with Crippen LogP contribution in [0.5, 0.6) is 0 Å². The molecule has 0 radical (unpaired) electrons. The summed E-state index contributed by atoms with van der Waals surface area (Å²) in [6.07, 6.45) is 2.33. The molecular weight excluding hydrogens is 433 g/mol. The van der Waals surface area contributed by atoms with Crippen LogP contribution in [0, 0.1) is 5.82 Å². The second-order valence-corrected chi connectivity index (χ2v) is 10.5. The Kier molecular flexibility index (Phi) is 7.55. The molecule has 1 amide bonds. The predicted molar refractivity (Wildman–Crippen MR) is 117 cm³/mol. The summed E-state index contributed by atoms with van der Waals surface area (Å²) in [6, 6.07) is 8.96. The highest BCUT2D eigenvalue weighted by molar-refractivity contribution is 7.98. The van der Waals surface area contributed by atoms with E-state index < -0.39 is 16.1 Å². The lowest BCUT2D eigenvalue weighted by Crippen LogP contribution is -2.55. The average Bonchev–Trinajstić information content (AvgIpc) is 3.27. The van der Waals surface area contributed by atoms with Gasteiger partial charge in [-0.15, -0.1) is 11.3 Å². The third kappa shape index (κ3) is 5.50. The van der Waals surface area contributed by atoms with E-state index in [0.29, 0.717) is 44.0 Å². The average molecular weight is 458 g/mol. The van der Waals surface area contributed by atoms with Gasteiger partial charge in [-0.3, -0.25) is 4.79 Å². The van der Waals surface area contributed by atoms with E-state index in [1.54, 1.807) is 46.3 Å². The maximum atomic E-state index is 14.0. The molecule has 1 aromatic heterocycles. The van der Waals surface area contributed by atoms with Crippen LogP contribution < -0.4 is 9.62 Å². The highest BCUT2D eigenvalue weighted by Crippen LogP contribution is 2.21. The van der Waals surface area contributed by atoms with Gasteiger partial charge >= 0.3 is 0 Å². The standard InChI is InChI=1S/C19H24FN3O3S3/c1-27-14-8-16(21-29(25,26)18-7-4-13-28-18)19(24)23-11-9-22(10-12-23)17-6-3-2-5-15(17)20/h2-7,13,16,21H,8-12,14H2,1H3/t16-/m0/s1. The van der Waals surface area contributed by atoms with E-state index in [9.17, 15) is 17.6 Å². The molecular formula is C19H24FN3O3S3. The van der Waals surface area contributed by atoms with Crippen LogP contribution in [0.3, 0.4) is 0 Å². The topological polar surface area (TPSA) is 69.7 Å². The zero-order valence-corrected chi connectivity index (χ0v) is 18.5. The molecule has 0 aliphatic carbocycles. The lowest BCUT2D eigenvalue weighted by atomic mass is 10.2. The number of piperazine rings is 1. The van der Waals surface area contributed by atoms with Crippen molar-refractivity contribution < 1.29 is 17.6 Å². The summed E-state index contributed by atoms with van der Waals surface area (Å²) in [5.41, 5.74) is 0.525. The molecule has 2 aromatic rings. The van der Waals surface area contributed by atoms with Gasteiger partial charge in [0.1, 0.15) is 16.1 Å². The van der Waals surface area contributed by atoms with Crippen molar-refractivity contribution in [2.75, 3.05) is 43.1 Å². The Balaban J connectivity index is 1.66. The van der Waals surface area contributed by atoms with E-state index in [4.69, 9.17) is 0 Å². The largest absolute Gasteiger partial charge is 0.366 e. The summed E-state index contributed by atoms with van der Waals surface area (Å²) in [4.78, 5) is 16.6. The van der Waals surface area contributed by atoms with Gasteiger partial charge in [0.05, 0.1) is 5.69 Å². The van der Waals surface area contributed by atoms with E-state index >= 15 is 0 Å². The molecule has 1 N–H and O–H groups in total. The molecule has 1 fully saturated rings. The Morgan fingerprint density at radius 3 is 2.55 bits per heavy atom. The lowest BCUT2D eigenvalue weighted by molar-refractivity contribution is -0.133. The number of carbonyl (C=O) groups is 1. The van der Waals surface area contributed by atoms with Crippen molar-refractivity contribution in [2.45, 2.75) is 16.7 Å². The maximum Gasteiger partial charge on any atom is 0.250 e. The molecule has 0 spiro atoms. The number of hydrogen-bond donors (Lipinski definition) is 1. The van der Waals surface area contributed by atoms with E-state index in [2.05, 4.69) is 4.72 Å². The SMILES string of the molecule is CSCC[C@H](NS(=O)(=O)c1cccs1)C(=O)N1CCN(c2ccccc2F)CC1. The number of nitrogens with one attached hydrogen (secondary N) is 1. The molecule has 1 atom stereocenters. The summed E-state index contributed by atoms with van der Waals surface area (Å²) in [5, 5.41) is 1.69. The van der Waals surface area contributed by atoms with Gasteiger partial charge in [-0.25, -0.2) is 12.8 Å². The minimum Gasteiger partial charge on any atom is -0.366 e. The number of halogens is 1. The van der Waals surface area contributed by atoms with Crippen LogP contribution in [-0.2, 0) is 14.8 Å². The highest BCUT2D eigenvalue weighted by Gasteiger charge is 2.31. The molecule has 0 saturated carbocycles. The third-order valence-corrected chi connectivity index (χ3v) is 8.26. The van der Waals surface area contributed by atoms with Crippen molar-refractivity contribution in [2.24, 2.45) is 0 Å². The number of amides is 1. The molecule has 0 unspecified atom stereocenters. The van der Waals surface area contributed by atoms with Crippen molar-refractivity contribution >= 4 is 44.7 Å². The zero-order chi connectivity index (χ0) is 20.9. The number of hydrogen-bond acceptors (Lipinski definition) is 6. The van der Waals surface area contributed by atoms with Gasteiger partial charge in [-0.1, -0.05) is 18.2 Å². The third-order valence-electron chi connectivity index (χ3n) is 4.75. The van der Waals surface area contributed by atoms with Gasteiger partial charge in [0.25, 0.3) is 10.0 Å². The first kappa shape index (κ1) is 22.1. The van der Waals surface area contributed by atoms with Crippen molar-refractivity contribution in [1.82, 2.24) is 9.62 Å². The minimum atomic E-state index is -3.74. The fraction of sp³-hybridized carbons (Fsp3) is 0.421. The summed E-state index contributed by atoms with van der Waals surface area (Å²) >= 11 is 2.68. The Morgan fingerprint density at radius 2 is 1.93 bits per heavy atom. The monoisotopic (exact) mass is 457 g/mol. The molecule has 158 valence electrons. The number of para-hydroxylation sites is 1. The van der Waals surface area contributed by atoms with Crippen LogP contribution in [0.2, 0.25) is 0 Å². The van der Waals surface area contributed by atoms with Crippen LogP contribution in [0.1, 0.15) is 6.42 Å². The van der Waals surface area contributed by atoms with Gasteiger partial charge in [-0.05, 0) is 42.0 Å². The molecule has 1 aromatic carbocycles. The molecule has 0 bridgehead atoms. The Bertz CT molecular complexity index is 914. The first-order valence-corrected chi connectivity index (χ1v) is 13.0. The lowest BCUT2D eigenvalue weighted by Gasteiger charge is -2.37. The number of benzene rings is 1. The Labute approximate surface area is 179 Å². The molecule has 29 heavy (non-hydrogen) atoms. The highest BCUT2D eigenvalue weighted by atomic mass is 32.2. The minimum absolute atomic E-state index is 0.198.